The Balaban J connectivity index is 0.00000469. The van der Waals surface area contributed by atoms with Gasteiger partial charge in [-0.05, 0) is 82.6 Å². The number of Topliss-reactive ketones (excluding diaryl/α,β-unsaturated/α-hetero) is 1. The predicted octanol–water partition coefficient (Wildman–Crippen LogP) is 5.05. The summed E-state index contributed by atoms with van der Waals surface area (Å²) in [6, 6.07) is 10.0. The lowest BCUT2D eigenvalue weighted by Crippen LogP contribution is -2.41. The molecule has 0 aliphatic rings. The van der Waals surface area contributed by atoms with E-state index in [-0.39, 0.29) is 36.3 Å². The molecule has 0 spiro atoms. The van der Waals surface area contributed by atoms with E-state index in [1.807, 2.05) is 41.3 Å². The van der Waals surface area contributed by atoms with Gasteiger partial charge < -0.3 is 26.2 Å². The average Bonchev–Trinajstić information content (AvgIpc) is 3.14. The summed E-state index contributed by atoms with van der Waals surface area (Å²) in [6.45, 7) is 3.60. The van der Waals surface area contributed by atoms with Gasteiger partial charge in [-0.3, -0.25) is 34.0 Å². The van der Waals surface area contributed by atoms with Crippen molar-refractivity contribution in [3.8, 4) is 0 Å². The Morgan fingerprint density at radius 3 is 1.72 bits per heavy atom. The van der Waals surface area contributed by atoms with Crippen molar-refractivity contribution in [1.82, 2.24) is 30.8 Å². The number of aromatic nitrogens is 2. The third kappa shape index (κ3) is 25.0. The zero-order valence-corrected chi connectivity index (χ0v) is 31.5. The molecule has 0 aliphatic carbocycles. The lowest BCUT2D eigenvalue weighted by Gasteiger charge is -2.28. The normalized spacial score (nSPS) is 11.7. The summed E-state index contributed by atoms with van der Waals surface area (Å²) in [5, 5.41) is 27.2. The molecular formula is C39H58N6O9. The van der Waals surface area contributed by atoms with Gasteiger partial charge in [0.1, 0.15) is 11.8 Å². The number of hydrogen-bond donors (Lipinski definition) is 5. The Morgan fingerprint density at radius 2 is 1.20 bits per heavy atom. The lowest BCUT2D eigenvalue weighted by atomic mass is 10.0. The van der Waals surface area contributed by atoms with E-state index in [9.17, 15) is 29.1 Å². The van der Waals surface area contributed by atoms with Crippen LogP contribution in [-0.4, -0.2) is 86.1 Å². The van der Waals surface area contributed by atoms with E-state index < -0.39 is 18.0 Å². The highest BCUT2D eigenvalue weighted by Crippen LogP contribution is 2.16. The number of rotatable bonds is 29. The summed E-state index contributed by atoms with van der Waals surface area (Å²) in [4.78, 5) is 86.1. The number of nitrogens with one attached hydrogen (secondary N) is 3. The van der Waals surface area contributed by atoms with Crippen LogP contribution in [0, 0.1) is 0 Å². The van der Waals surface area contributed by atoms with Crippen molar-refractivity contribution in [3.05, 3.63) is 60.2 Å². The molecule has 2 unspecified atom stereocenters. The van der Waals surface area contributed by atoms with Gasteiger partial charge in [-0.25, -0.2) is 4.79 Å². The molecule has 2 aromatic heterocycles. The second kappa shape index (κ2) is 30.5. The average molecular weight is 755 g/mol. The first-order valence-electron chi connectivity index (χ1n) is 18.9. The largest absolute Gasteiger partial charge is 0.481 e. The zero-order chi connectivity index (χ0) is 39.8. The van der Waals surface area contributed by atoms with E-state index in [4.69, 9.17) is 14.7 Å². The number of carboxylic acid groups (broad SMARTS) is 2. The molecule has 0 aromatic carbocycles. The SMILES string of the molecule is CC(CCC(=O)O)NC(=O)NCCCCCCC(=O)CCCCCCC(=O)NCCCCC(C(=O)O)N(Cc1ccccn1)Cc1ccccn1.O=C=O. The highest BCUT2D eigenvalue weighted by molar-refractivity contribution is 5.78. The Kier molecular flexibility index (Phi) is 26.5. The van der Waals surface area contributed by atoms with Gasteiger partial charge in [0.25, 0.3) is 0 Å². The quantitative estimate of drug-likeness (QED) is 0.0689. The van der Waals surface area contributed by atoms with Gasteiger partial charge in [-0.2, -0.15) is 9.59 Å². The van der Waals surface area contributed by atoms with E-state index in [0.29, 0.717) is 71.1 Å². The minimum Gasteiger partial charge on any atom is -0.481 e. The first-order valence-corrected chi connectivity index (χ1v) is 18.9. The maximum Gasteiger partial charge on any atom is 0.373 e. The van der Waals surface area contributed by atoms with Crippen molar-refractivity contribution in [1.29, 1.82) is 0 Å². The second-order valence-corrected chi connectivity index (χ2v) is 13.2. The lowest BCUT2D eigenvalue weighted by molar-refractivity contribution is -0.191. The highest BCUT2D eigenvalue weighted by Gasteiger charge is 2.26. The number of pyridine rings is 2. The van der Waals surface area contributed by atoms with Gasteiger partial charge >= 0.3 is 24.1 Å². The Bertz CT molecular complexity index is 1350. The van der Waals surface area contributed by atoms with Gasteiger partial charge in [-0.15, -0.1) is 0 Å². The molecule has 0 aliphatic heterocycles. The van der Waals surface area contributed by atoms with Crippen molar-refractivity contribution in [2.24, 2.45) is 0 Å². The molecule has 0 fully saturated rings. The van der Waals surface area contributed by atoms with Gasteiger partial charge in [-0.1, -0.05) is 37.8 Å². The number of ketones is 1. The van der Waals surface area contributed by atoms with Crippen LogP contribution in [0.15, 0.2) is 48.8 Å². The maximum atomic E-state index is 12.3. The Morgan fingerprint density at radius 1 is 0.685 bits per heavy atom. The minimum absolute atomic E-state index is 0.00563. The number of aliphatic carboxylic acids is 2. The predicted molar refractivity (Wildman–Crippen MR) is 200 cm³/mol. The maximum absolute atomic E-state index is 12.3. The second-order valence-electron chi connectivity index (χ2n) is 13.2. The number of carbonyl (C=O) groups excluding carboxylic acids is 5. The number of carboxylic acids is 2. The van der Waals surface area contributed by atoms with Crippen LogP contribution in [0.4, 0.5) is 4.79 Å². The molecule has 2 heterocycles. The molecule has 2 atom stereocenters. The van der Waals surface area contributed by atoms with Crippen molar-refractivity contribution in [2.75, 3.05) is 13.1 Å². The van der Waals surface area contributed by atoms with E-state index in [2.05, 4.69) is 25.9 Å². The smallest absolute Gasteiger partial charge is 0.373 e. The molecule has 15 heteroatoms. The van der Waals surface area contributed by atoms with E-state index >= 15 is 0 Å². The van der Waals surface area contributed by atoms with Crippen LogP contribution in [0.2, 0.25) is 0 Å². The molecular weight excluding hydrogens is 696 g/mol. The fraction of sp³-hybridized carbons (Fsp3) is 0.590. The summed E-state index contributed by atoms with van der Waals surface area (Å²) in [6.07, 6.45) is 14.3. The summed E-state index contributed by atoms with van der Waals surface area (Å²) in [5.74, 6) is -1.51. The summed E-state index contributed by atoms with van der Waals surface area (Å²) >= 11 is 0. The van der Waals surface area contributed by atoms with Gasteiger partial charge in [0.15, 0.2) is 0 Å². The minimum atomic E-state index is -0.889. The topological polar surface area (TPSA) is 225 Å². The van der Waals surface area contributed by atoms with Crippen LogP contribution in [0.3, 0.4) is 0 Å². The number of urea groups is 1. The Hall–Kier alpha value is -5.01. The van der Waals surface area contributed by atoms with Crippen LogP contribution in [0.1, 0.15) is 121 Å². The van der Waals surface area contributed by atoms with E-state index in [1.54, 1.807) is 19.3 Å². The van der Waals surface area contributed by atoms with E-state index in [1.165, 1.54) is 0 Å². The molecule has 0 saturated carbocycles. The van der Waals surface area contributed by atoms with Crippen LogP contribution in [0.5, 0.6) is 0 Å². The first kappa shape index (κ1) is 47.0. The van der Waals surface area contributed by atoms with Crippen LogP contribution in [0.25, 0.3) is 0 Å². The zero-order valence-electron chi connectivity index (χ0n) is 31.5. The molecule has 54 heavy (non-hydrogen) atoms. The van der Waals surface area contributed by atoms with Crippen LogP contribution < -0.4 is 16.0 Å². The fourth-order valence-corrected chi connectivity index (χ4v) is 5.69. The molecule has 298 valence electrons. The third-order valence-corrected chi connectivity index (χ3v) is 8.58. The molecule has 0 bridgehead atoms. The van der Waals surface area contributed by atoms with Crippen molar-refractivity contribution >= 4 is 35.8 Å². The molecule has 15 nitrogen and oxygen atoms in total. The number of unbranched alkanes of at least 4 members (excludes halogenated alkanes) is 7. The summed E-state index contributed by atoms with van der Waals surface area (Å²) in [7, 11) is 0. The number of amides is 3. The molecule has 3 amide bonds. The third-order valence-electron chi connectivity index (χ3n) is 8.58. The molecule has 0 saturated heterocycles. The number of carbonyl (C=O) groups is 5. The highest BCUT2D eigenvalue weighted by atomic mass is 16.4. The van der Waals surface area contributed by atoms with Crippen LogP contribution >= 0.6 is 0 Å². The van der Waals surface area contributed by atoms with Crippen molar-refractivity contribution < 1.29 is 43.8 Å². The molecule has 2 aromatic rings. The molecule has 0 radical (unpaired) electrons. The standard InChI is InChI=1S/C38H58N6O7.CO2/c1-30(22-23-36(47)48)43-38(51)42-27-12-5-4-7-19-33(45)18-6-2-3-8-21-35(46)41-26-15-11-20-34(37(49)50)44(28-31-16-9-13-24-39-31)29-32-17-10-14-25-40-32;2-1-3/h9-10,13-14,16-17,24-25,30,34H,2-8,11-12,15,18-23,26-29H2,1H3,(H,41,46)(H,47,48)(H,49,50)(H2,42,43,51);. The van der Waals surface area contributed by atoms with Crippen molar-refractivity contribution in [2.45, 2.75) is 135 Å². The number of hydrogen-bond acceptors (Lipinski definition) is 10. The van der Waals surface area contributed by atoms with Gasteiger partial charge in [0.05, 0.1) is 11.4 Å². The van der Waals surface area contributed by atoms with Crippen molar-refractivity contribution in [3.63, 3.8) is 0 Å². The summed E-state index contributed by atoms with van der Waals surface area (Å²) in [5.41, 5.74) is 1.58. The summed E-state index contributed by atoms with van der Waals surface area (Å²) < 4.78 is 0. The monoisotopic (exact) mass is 754 g/mol. The van der Waals surface area contributed by atoms with Gasteiger partial charge in [0.2, 0.25) is 5.91 Å². The molecule has 5 N–H and O–H groups in total. The molecule has 2 rings (SSSR count). The van der Waals surface area contributed by atoms with E-state index in [0.717, 1.165) is 62.8 Å². The van der Waals surface area contributed by atoms with Gasteiger partial charge in [0, 0.05) is 70.3 Å². The number of nitrogens with zero attached hydrogens (tertiary/aromatic N) is 3. The van der Waals surface area contributed by atoms with Crippen LogP contribution in [-0.2, 0) is 41.9 Å². The first-order chi connectivity index (χ1) is 26.0. The fourth-order valence-electron chi connectivity index (χ4n) is 5.69. The Labute approximate surface area is 318 Å².